The van der Waals surface area contributed by atoms with Crippen molar-refractivity contribution < 1.29 is 9.47 Å². The lowest BCUT2D eigenvalue weighted by molar-refractivity contribution is 0.353. The number of ether oxygens (including phenoxy) is 2. The van der Waals surface area contributed by atoms with Gasteiger partial charge in [0.05, 0.1) is 31.6 Å². The smallest absolute Gasteiger partial charge is 0.166 e. The zero-order valence-corrected chi connectivity index (χ0v) is 9.13. The second kappa shape index (κ2) is 3.81. The Labute approximate surface area is 88.2 Å². The molecule has 4 heteroatoms. The Morgan fingerprint density at radius 1 is 1.33 bits per heavy atom. The number of imidazole rings is 1. The minimum atomic E-state index is 0.742. The molecule has 0 bridgehead atoms. The number of hydrogen-bond donors (Lipinski definition) is 1. The van der Waals surface area contributed by atoms with Crippen LogP contribution in [0.1, 0.15) is 12.5 Å². The summed E-state index contributed by atoms with van der Waals surface area (Å²) in [6, 6.07) is 1.90. The molecule has 0 aliphatic rings. The maximum Gasteiger partial charge on any atom is 0.166 e. The topological polar surface area (TPSA) is 47.1 Å². The Morgan fingerprint density at radius 2 is 2.13 bits per heavy atom. The molecule has 2 aromatic rings. The molecule has 1 aromatic heterocycles. The maximum absolute atomic E-state index is 5.36. The van der Waals surface area contributed by atoms with Crippen molar-refractivity contribution in [3.63, 3.8) is 0 Å². The molecule has 0 saturated heterocycles. The van der Waals surface area contributed by atoms with E-state index in [1.807, 2.05) is 6.07 Å². The van der Waals surface area contributed by atoms with Gasteiger partial charge in [-0.25, -0.2) is 4.98 Å². The van der Waals surface area contributed by atoms with Crippen molar-refractivity contribution in [2.24, 2.45) is 0 Å². The van der Waals surface area contributed by atoms with E-state index in [0.717, 1.165) is 34.5 Å². The Balaban J connectivity index is 2.78. The molecule has 2 rings (SSSR count). The third-order valence-electron chi connectivity index (χ3n) is 2.51. The number of H-pyrrole nitrogens is 1. The average Bonchev–Trinajstić information content (AvgIpc) is 2.73. The zero-order chi connectivity index (χ0) is 10.8. The van der Waals surface area contributed by atoms with Crippen LogP contribution in [0.5, 0.6) is 11.5 Å². The van der Waals surface area contributed by atoms with Crippen LogP contribution in [0, 0.1) is 0 Å². The van der Waals surface area contributed by atoms with Crippen molar-refractivity contribution in [2.75, 3.05) is 14.2 Å². The molecule has 0 unspecified atom stereocenters. The summed E-state index contributed by atoms with van der Waals surface area (Å²) in [6.45, 7) is 2.07. The van der Waals surface area contributed by atoms with Gasteiger partial charge in [0, 0.05) is 11.6 Å². The van der Waals surface area contributed by atoms with Crippen LogP contribution in [0.25, 0.3) is 11.0 Å². The van der Waals surface area contributed by atoms with Crippen molar-refractivity contribution in [1.29, 1.82) is 0 Å². The molecule has 4 nitrogen and oxygen atoms in total. The molecule has 0 radical (unpaired) electrons. The van der Waals surface area contributed by atoms with Crippen molar-refractivity contribution in [2.45, 2.75) is 13.3 Å². The third kappa shape index (κ3) is 1.42. The molecular weight excluding hydrogens is 192 g/mol. The van der Waals surface area contributed by atoms with E-state index in [0.29, 0.717) is 0 Å². The highest BCUT2D eigenvalue weighted by Crippen LogP contribution is 2.36. The van der Waals surface area contributed by atoms with E-state index in [1.54, 1.807) is 20.5 Å². The monoisotopic (exact) mass is 206 g/mol. The van der Waals surface area contributed by atoms with Crippen LogP contribution in [0.2, 0.25) is 0 Å². The molecule has 80 valence electrons. The first-order valence-electron chi connectivity index (χ1n) is 4.88. The third-order valence-corrected chi connectivity index (χ3v) is 2.51. The molecular formula is C11H14N2O2. The fraction of sp³-hybridized carbons (Fsp3) is 0.364. The van der Waals surface area contributed by atoms with Crippen LogP contribution in [-0.4, -0.2) is 24.2 Å². The van der Waals surface area contributed by atoms with E-state index in [2.05, 4.69) is 16.9 Å². The molecule has 15 heavy (non-hydrogen) atoms. The Hall–Kier alpha value is -1.71. The first-order chi connectivity index (χ1) is 7.31. The molecule has 0 spiro atoms. The molecule has 0 fully saturated rings. The summed E-state index contributed by atoms with van der Waals surface area (Å²) in [7, 11) is 3.29. The Morgan fingerprint density at radius 3 is 2.73 bits per heavy atom. The van der Waals surface area contributed by atoms with E-state index in [4.69, 9.17) is 9.47 Å². The minimum absolute atomic E-state index is 0.742. The fourth-order valence-corrected chi connectivity index (χ4v) is 1.81. The van der Waals surface area contributed by atoms with E-state index in [9.17, 15) is 0 Å². The van der Waals surface area contributed by atoms with E-state index >= 15 is 0 Å². The zero-order valence-electron chi connectivity index (χ0n) is 9.13. The SMILES string of the molecule is CCc1c(OC)c(OC)cc2[nH]cnc12. The second-order valence-corrected chi connectivity index (χ2v) is 3.24. The van der Waals surface area contributed by atoms with Crippen LogP contribution in [0.15, 0.2) is 12.4 Å². The molecule has 1 heterocycles. The van der Waals surface area contributed by atoms with Crippen molar-refractivity contribution in [3.8, 4) is 11.5 Å². The van der Waals surface area contributed by atoms with Crippen molar-refractivity contribution in [3.05, 3.63) is 18.0 Å². The number of aromatic nitrogens is 2. The highest BCUT2D eigenvalue weighted by Gasteiger charge is 2.14. The van der Waals surface area contributed by atoms with Crippen molar-refractivity contribution in [1.82, 2.24) is 9.97 Å². The lowest BCUT2D eigenvalue weighted by Gasteiger charge is -2.11. The summed E-state index contributed by atoms with van der Waals surface area (Å²) in [5, 5.41) is 0. The number of nitrogens with zero attached hydrogens (tertiary/aromatic N) is 1. The van der Waals surface area contributed by atoms with Gasteiger partial charge in [-0.15, -0.1) is 0 Å². The number of hydrogen-bond acceptors (Lipinski definition) is 3. The predicted molar refractivity (Wildman–Crippen MR) is 58.6 cm³/mol. The molecule has 1 aromatic carbocycles. The van der Waals surface area contributed by atoms with Crippen LogP contribution in [0.3, 0.4) is 0 Å². The van der Waals surface area contributed by atoms with Gasteiger partial charge in [0.15, 0.2) is 11.5 Å². The van der Waals surface area contributed by atoms with Gasteiger partial charge < -0.3 is 14.5 Å². The fourth-order valence-electron chi connectivity index (χ4n) is 1.81. The first-order valence-corrected chi connectivity index (χ1v) is 4.88. The van der Waals surface area contributed by atoms with Crippen molar-refractivity contribution >= 4 is 11.0 Å². The minimum Gasteiger partial charge on any atom is -0.493 e. The lowest BCUT2D eigenvalue weighted by atomic mass is 10.1. The molecule has 0 saturated carbocycles. The van der Waals surface area contributed by atoms with Gasteiger partial charge in [-0.1, -0.05) is 6.92 Å². The van der Waals surface area contributed by atoms with Gasteiger partial charge in [-0.3, -0.25) is 0 Å². The summed E-state index contributed by atoms with van der Waals surface area (Å²) in [5.74, 6) is 1.52. The van der Waals surface area contributed by atoms with E-state index < -0.39 is 0 Å². The number of fused-ring (bicyclic) bond motifs is 1. The number of nitrogens with one attached hydrogen (secondary N) is 1. The maximum atomic E-state index is 5.36. The van der Waals surface area contributed by atoms with Crippen LogP contribution in [-0.2, 0) is 6.42 Å². The van der Waals surface area contributed by atoms with Gasteiger partial charge in [-0.2, -0.15) is 0 Å². The molecule has 0 aliphatic heterocycles. The average molecular weight is 206 g/mol. The van der Waals surface area contributed by atoms with E-state index in [-0.39, 0.29) is 0 Å². The summed E-state index contributed by atoms with van der Waals surface area (Å²) >= 11 is 0. The second-order valence-electron chi connectivity index (χ2n) is 3.24. The highest BCUT2D eigenvalue weighted by atomic mass is 16.5. The lowest BCUT2D eigenvalue weighted by Crippen LogP contribution is -1.96. The summed E-state index contributed by atoms with van der Waals surface area (Å²) in [5.41, 5.74) is 3.01. The van der Waals surface area contributed by atoms with Crippen LogP contribution >= 0.6 is 0 Å². The van der Waals surface area contributed by atoms with Gasteiger partial charge in [0.25, 0.3) is 0 Å². The van der Waals surface area contributed by atoms with Gasteiger partial charge >= 0.3 is 0 Å². The number of rotatable bonds is 3. The number of methoxy groups -OCH3 is 2. The molecule has 0 atom stereocenters. The van der Waals surface area contributed by atoms with Crippen LogP contribution in [0.4, 0.5) is 0 Å². The highest BCUT2D eigenvalue weighted by molar-refractivity contribution is 5.83. The van der Waals surface area contributed by atoms with Gasteiger partial charge in [0.2, 0.25) is 0 Å². The van der Waals surface area contributed by atoms with Crippen LogP contribution < -0.4 is 9.47 Å². The first kappa shape index (κ1) is 9.83. The van der Waals surface area contributed by atoms with Gasteiger partial charge in [-0.05, 0) is 6.42 Å². The molecule has 0 aliphatic carbocycles. The van der Waals surface area contributed by atoms with E-state index in [1.165, 1.54) is 0 Å². The molecule has 0 amide bonds. The quantitative estimate of drug-likeness (QED) is 0.836. The summed E-state index contributed by atoms with van der Waals surface area (Å²) < 4.78 is 10.6. The molecule has 1 N–H and O–H groups in total. The Bertz CT molecular complexity index is 477. The largest absolute Gasteiger partial charge is 0.493 e. The van der Waals surface area contributed by atoms with Gasteiger partial charge in [0.1, 0.15) is 0 Å². The number of aryl methyl sites for hydroxylation is 1. The number of benzene rings is 1. The summed E-state index contributed by atoms with van der Waals surface area (Å²) in [4.78, 5) is 7.36. The number of aromatic amines is 1. The Kier molecular flexibility index (Phi) is 2.49. The standard InChI is InChI=1S/C11H14N2O2/c1-4-7-10-8(12-6-13-10)5-9(14-2)11(7)15-3/h5-6H,4H2,1-3H3,(H,12,13). The normalized spacial score (nSPS) is 10.6. The summed E-state index contributed by atoms with van der Waals surface area (Å²) in [6.07, 6.45) is 2.55. The predicted octanol–water partition coefficient (Wildman–Crippen LogP) is 2.14.